The first-order valence-electron chi connectivity index (χ1n) is 5.51. The van der Waals surface area contributed by atoms with Crippen molar-refractivity contribution >= 4 is 6.09 Å². The van der Waals surface area contributed by atoms with Crippen molar-refractivity contribution in [1.29, 1.82) is 0 Å². The Balaban J connectivity index is 4.23. The van der Waals surface area contributed by atoms with E-state index in [0.29, 0.717) is 0 Å². The zero-order chi connectivity index (χ0) is 12.3. The number of carbonyl (C=O) groups excluding carboxylic acids is 1. The summed E-state index contributed by atoms with van der Waals surface area (Å²) in [6.45, 7) is 12.8. The molecule has 0 aromatic heterocycles. The zero-order valence-corrected chi connectivity index (χ0v) is 11.2. The van der Waals surface area contributed by atoms with Gasteiger partial charge in [0.25, 0.3) is 0 Å². The fourth-order valence-corrected chi connectivity index (χ4v) is 1.16. The van der Waals surface area contributed by atoms with E-state index in [1.165, 1.54) is 0 Å². The molecule has 1 amide bonds. The highest BCUT2D eigenvalue weighted by atomic mass is 16.6. The van der Waals surface area contributed by atoms with Crippen LogP contribution < -0.4 is 0 Å². The number of amides is 1. The molecule has 15 heavy (non-hydrogen) atoms. The van der Waals surface area contributed by atoms with E-state index >= 15 is 0 Å². The third-order valence-electron chi connectivity index (χ3n) is 2.33. The highest BCUT2D eigenvalue weighted by Crippen LogP contribution is 2.21. The standard InChI is InChI=1S/C12H25NO2/c1-8-12(5,6)9-13(7)10(14)15-11(2,3)4/h8-9H2,1-7H3. The van der Waals surface area contributed by atoms with Gasteiger partial charge in [-0.1, -0.05) is 20.8 Å². The second kappa shape index (κ2) is 4.86. The molecule has 0 aliphatic heterocycles. The van der Waals surface area contributed by atoms with Crippen LogP contribution >= 0.6 is 0 Å². The topological polar surface area (TPSA) is 29.5 Å². The third-order valence-corrected chi connectivity index (χ3v) is 2.33. The molecule has 0 atom stereocenters. The lowest BCUT2D eigenvalue weighted by Gasteiger charge is -2.31. The summed E-state index contributed by atoms with van der Waals surface area (Å²) in [5.74, 6) is 0. The lowest BCUT2D eigenvalue weighted by atomic mass is 9.90. The molecule has 0 N–H and O–H groups in total. The minimum absolute atomic E-state index is 0.144. The van der Waals surface area contributed by atoms with Gasteiger partial charge in [-0.3, -0.25) is 0 Å². The summed E-state index contributed by atoms with van der Waals surface area (Å²) in [7, 11) is 1.78. The Morgan fingerprint density at radius 3 is 2.00 bits per heavy atom. The summed E-state index contributed by atoms with van der Waals surface area (Å²) in [6.07, 6.45) is 0.796. The molecule has 0 spiro atoms. The van der Waals surface area contributed by atoms with Crippen molar-refractivity contribution in [3.8, 4) is 0 Å². The second-order valence-electron chi connectivity index (χ2n) is 5.85. The molecule has 0 saturated heterocycles. The van der Waals surface area contributed by atoms with Crippen LogP contribution in [0.25, 0.3) is 0 Å². The summed E-state index contributed by atoms with van der Waals surface area (Å²) in [5.41, 5.74) is -0.270. The van der Waals surface area contributed by atoms with Crippen molar-refractivity contribution in [2.45, 2.75) is 53.6 Å². The van der Waals surface area contributed by atoms with Crippen LogP contribution in [0.4, 0.5) is 4.79 Å². The molecule has 0 radical (unpaired) electrons. The highest BCUT2D eigenvalue weighted by molar-refractivity contribution is 5.67. The van der Waals surface area contributed by atoms with Crippen molar-refractivity contribution in [3.63, 3.8) is 0 Å². The van der Waals surface area contributed by atoms with Crippen LogP contribution in [0.1, 0.15) is 48.0 Å². The highest BCUT2D eigenvalue weighted by Gasteiger charge is 2.24. The molecule has 0 aromatic rings. The minimum Gasteiger partial charge on any atom is -0.444 e. The molecule has 0 fully saturated rings. The van der Waals surface area contributed by atoms with Gasteiger partial charge in [-0.15, -0.1) is 0 Å². The van der Waals surface area contributed by atoms with E-state index in [-0.39, 0.29) is 11.5 Å². The molecule has 0 heterocycles. The SMILES string of the molecule is CCC(C)(C)CN(C)C(=O)OC(C)(C)C. The molecule has 0 bridgehead atoms. The number of hydrogen-bond donors (Lipinski definition) is 0. The first-order chi connectivity index (χ1) is 6.57. The predicted molar refractivity (Wildman–Crippen MR) is 62.9 cm³/mol. The van der Waals surface area contributed by atoms with Crippen LogP contribution in [-0.2, 0) is 4.74 Å². The Morgan fingerprint density at radius 2 is 1.67 bits per heavy atom. The van der Waals surface area contributed by atoms with Gasteiger partial charge in [0.15, 0.2) is 0 Å². The van der Waals surface area contributed by atoms with Crippen molar-refractivity contribution in [2.75, 3.05) is 13.6 Å². The van der Waals surface area contributed by atoms with Crippen molar-refractivity contribution in [1.82, 2.24) is 4.90 Å². The van der Waals surface area contributed by atoms with Crippen molar-refractivity contribution in [3.05, 3.63) is 0 Å². The van der Waals surface area contributed by atoms with E-state index in [9.17, 15) is 4.79 Å². The Morgan fingerprint density at radius 1 is 1.20 bits per heavy atom. The number of carbonyl (C=O) groups is 1. The molecule has 0 rings (SSSR count). The van der Waals surface area contributed by atoms with Gasteiger partial charge in [0.1, 0.15) is 5.60 Å². The van der Waals surface area contributed by atoms with Gasteiger partial charge in [-0.05, 0) is 32.6 Å². The van der Waals surface area contributed by atoms with Gasteiger partial charge in [-0.2, -0.15) is 0 Å². The Labute approximate surface area is 93.8 Å². The van der Waals surface area contributed by atoms with Crippen LogP contribution in [-0.4, -0.2) is 30.2 Å². The summed E-state index contributed by atoms with van der Waals surface area (Å²) in [5, 5.41) is 0. The lowest BCUT2D eigenvalue weighted by Crippen LogP contribution is -2.39. The second-order valence-corrected chi connectivity index (χ2v) is 5.85. The smallest absolute Gasteiger partial charge is 0.410 e. The lowest BCUT2D eigenvalue weighted by molar-refractivity contribution is 0.0234. The number of hydrogen-bond acceptors (Lipinski definition) is 2. The van der Waals surface area contributed by atoms with Crippen LogP contribution in [0.2, 0.25) is 0 Å². The quantitative estimate of drug-likeness (QED) is 0.723. The summed E-state index contributed by atoms with van der Waals surface area (Å²) >= 11 is 0. The van der Waals surface area contributed by atoms with Crippen LogP contribution in [0.3, 0.4) is 0 Å². The maximum Gasteiger partial charge on any atom is 0.410 e. The van der Waals surface area contributed by atoms with E-state index in [2.05, 4.69) is 20.8 Å². The fraction of sp³-hybridized carbons (Fsp3) is 0.917. The molecule has 3 heteroatoms. The average Bonchev–Trinajstić information content (AvgIpc) is 2.00. The first-order valence-corrected chi connectivity index (χ1v) is 5.51. The van der Waals surface area contributed by atoms with Crippen LogP contribution in [0.15, 0.2) is 0 Å². The number of ether oxygens (including phenoxy) is 1. The van der Waals surface area contributed by atoms with Gasteiger partial charge in [0.05, 0.1) is 0 Å². The molecule has 0 aromatic carbocycles. The van der Waals surface area contributed by atoms with Gasteiger partial charge in [0, 0.05) is 13.6 Å². The Kier molecular flexibility index (Phi) is 4.63. The predicted octanol–water partition coefficient (Wildman–Crippen LogP) is 3.29. The van der Waals surface area contributed by atoms with Crippen LogP contribution in [0.5, 0.6) is 0 Å². The normalized spacial score (nSPS) is 12.5. The maximum absolute atomic E-state index is 11.7. The van der Waals surface area contributed by atoms with Gasteiger partial charge in [-0.25, -0.2) is 4.79 Å². The molecular weight excluding hydrogens is 190 g/mol. The Hall–Kier alpha value is -0.730. The minimum atomic E-state index is -0.415. The van der Waals surface area contributed by atoms with E-state index in [1.54, 1.807) is 11.9 Å². The Bertz CT molecular complexity index is 216. The van der Waals surface area contributed by atoms with Crippen LogP contribution in [0, 0.1) is 5.41 Å². The largest absolute Gasteiger partial charge is 0.444 e. The summed E-state index contributed by atoms with van der Waals surface area (Å²) in [6, 6.07) is 0. The fourth-order valence-electron chi connectivity index (χ4n) is 1.16. The summed E-state index contributed by atoms with van der Waals surface area (Å²) < 4.78 is 5.28. The summed E-state index contributed by atoms with van der Waals surface area (Å²) in [4.78, 5) is 13.3. The van der Waals surface area contributed by atoms with E-state index < -0.39 is 5.60 Å². The molecule has 3 nitrogen and oxygen atoms in total. The number of nitrogens with zero attached hydrogens (tertiary/aromatic N) is 1. The first kappa shape index (κ1) is 14.3. The molecule has 0 unspecified atom stereocenters. The monoisotopic (exact) mass is 215 g/mol. The zero-order valence-electron chi connectivity index (χ0n) is 11.2. The van der Waals surface area contributed by atoms with Gasteiger partial charge >= 0.3 is 6.09 Å². The molecule has 0 aliphatic carbocycles. The van der Waals surface area contributed by atoms with Gasteiger partial charge < -0.3 is 9.64 Å². The van der Waals surface area contributed by atoms with E-state index in [0.717, 1.165) is 13.0 Å². The third kappa shape index (κ3) is 6.37. The van der Waals surface area contributed by atoms with Crippen molar-refractivity contribution < 1.29 is 9.53 Å². The van der Waals surface area contributed by atoms with Gasteiger partial charge in [0.2, 0.25) is 0 Å². The van der Waals surface area contributed by atoms with E-state index in [4.69, 9.17) is 4.74 Å². The number of rotatable bonds is 3. The average molecular weight is 215 g/mol. The van der Waals surface area contributed by atoms with E-state index in [1.807, 2.05) is 20.8 Å². The molecule has 90 valence electrons. The van der Waals surface area contributed by atoms with Crippen molar-refractivity contribution in [2.24, 2.45) is 5.41 Å². The molecule has 0 saturated carbocycles. The molecule has 0 aliphatic rings. The molecular formula is C12H25NO2. The maximum atomic E-state index is 11.7.